The molecule has 34 heavy (non-hydrogen) atoms. The molecule has 0 fully saturated rings. The molecule has 1 heterocycles. The Morgan fingerprint density at radius 1 is 0.912 bits per heavy atom. The number of amides is 3. The van der Waals surface area contributed by atoms with E-state index in [1.807, 2.05) is 60.7 Å². The third kappa shape index (κ3) is 4.71. The number of guanidine groups is 1. The van der Waals surface area contributed by atoms with E-state index in [-0.39, 0.29) is 23.6 Å². The maximum Gasteiger partial charge on any atom is 0.319 e. The Balaban J connectivity index is 1.35. The van der Waals surface area contributed by atoms with E-state index in [0.29, 0.717) is 31.6 Å². The van der Waals surface area contributed by atoms with Crippen molar-refractivity contribution in [1.82, 2.24) is 10.2 Å². The number of nitrogens with zero attached hydrogens (tertiary/aromatic N) is 2. The van der Waals surface area contributed by atoms with Crippen LogP contribution in [0.3, 0.4) is 0 Å². The molecule has 0 spiro atoms. The van der Waals surface area contributed by atoms with Crippen LogP contribution in [0.25, 0.3) is 0 Å². The molecule has 3 amide bonds. The van der Waals surface area contributed by atoms with Gasteiger partial charge in [-0.25, -0.2) is 9.79 Å². The smallest absolute Gasteiger partial charge is 0.319 e. The Bertz CT molecular complexity index is 1120. The number of nitrogens with two attached hydrogens (primary N) is 1. The van der Waals surface area contributed by atoms with Crippen LogP contribution in [-0.2, 0) is 10.3 Å². The van der Waals surface area contributed by atoms with E-state index < -0.39 is 5.54 Å². The van der Waals surface area contributed by atoms with Crippen molar-refractivity contribution in [3.63, 3.8) is 0 Å². The van der Waals surface area contributed by atoms with E-state index in [1.165, 1.54) is 17.0 Å². The van der Waals surface area contributed by atoms with Gasteiger partial charge in [0.25, 0.3) is 5.91 Å². The molecule has 3 aromatic rings. The molecule has 0 aromatic heterocycles. The minimum Gasteiger partial charge on any atom is -0.508 e. The number of unbranched alkanes of at least 4 members (excludes halogenated alkanes) is 1. The minimum absolute atomic E-state index is 0.133. The van der Waals surface area contributed by atoms with Crippen molar-refractivity contribution in [1.29, 1.82) is 0 Å². The van der Waals surface area contributed by atoms with Crippen molar-refractivity contribution in [3.05, 3.63) is 96.1 Å². The predicted molar refractivity (Wildman–Crippen MR) is 131 cm³/mol. The van der Waals surface area contributed by atoms with Crippen molar-refractivity contribution in [2.45, 2.75) is 18.4 Å². The second-order valence-electron chi connectivity index (χ2n) is 8.00. The van der Waals surface area contributed by atoms with Gasteiger partial charge in [0.15, 0.2) is 11.5 Å². The molecule has 0 saturated carbocycles. The Kier molecular flexibility index (Phi) is 6.77. The number of hydrogen-bond donors (Lipinski definition) is 4. The van der Waals surface area contributed by atoms with Crippen LogP contribution in [0.1, 0.15) is 24.0 Å². The number of anilines is 1. The highest BCUT2D eigenvalue weighted by atomic mass is 16.3. The number of carbonyl (C=O) groups excluding carboxylic acids is 2. The summed E-state index contributed by atoms with van der Waals surface area (Å²) < 4.78 is 0. The Labute approximate surface area is 198 Å². The number of carbonyl (C=O) groups is 2. The van der Waals surface area contributed by atoms with Crippen LogP contribution >= 0.6 is 0 Å². The largest absolute Gasteiger partial charge is 0.508 e. The first-order valence-corrected chi connectivity index (χ1v) is 11.1. The first kappa shape index (κ1) is 22.8. The third-order valence-electron chi connectivity index (χ3n) is 5.72. The fourth-order valence-electron chi connectivity index (χ4n) is 4.01. The fourth-order valence-corrected chi connectivity index (χ4v) is 4.01. The third-order valence-corrected chi connectivity index (χ3v) is 5.72. The molecule has 0 unspecified atom stereocenters. The Morgan fingerprint density at radius 3 is 2.09 bits per heavy atom. The number of hydrogen-bond acceptors (Lipinski definition) is 5. The zero-order valence-electron chi connectivity index (χ0n) is 18.6. The maximum absolute atomic E-state index is 13.7. The van der Waals surface area contributed by atoms with Gasteiger partial charge < -0.3 is 21.5 Å². The quantitative estimate of drug-likeness (QED) is 0.306. The highest BCUT2D eigenvalue weighted by molar-refractivity contribution is 6.09. The molecule has 1 aliphatic rings. The lowest BCUT2D eigenvalue weighted by molar-refractivity contribution is -0.130. The van der Waals surface area contributed by atoms with Gasteiger partial charge in [-0.2, -0.15) is 0 Å². The van der Waals surface area contributed by atoms with Crippen LogP contribution in [0.4, 0.5) is 10.5 Å². The monoisotopic (exact) mass is 457 g/mol. The van der Waals surface area contributed by atoms with Crippen LogP contribution in [0.5, 0.6) is 5.75 Å². The Hall–Kier alpha value is -4.33. The molecule has 0 saturated heterocycles. The second kappa shape index (κ2) is 10.1. The van der Waals surface area contributed by atoms with Crippen LogP contribution in [0.2, 0.25) is 0 Å². The molecule has 4 rings (SSSR count). The van der Waals surface area contributed by atoms with E-state index in [0.717, 1.165) is 11.1 Å². The van der Waals surface area contributed by atoms with Gasteiger partial charge >= 0.3 is 6.03 Å². The minimum atomic E-state index is -1.20. The summed E-state index contributed by atoms with van der Waals surface area (Å²) in [5.74, 6) is 0.143. The average molecular weight is 458 g/mol. The van der Waals surface area contributed by atoms with Gasteiger partial charge in [0.1, 0.15) is 5.75 Å². The summed E-state index contributed by atoms with van der Waals surface area (Å²) in [6.45, 7) is 0.836. The first-order valence-electron chi connectivity index (χ1n) is 11.1. The van der Waals surface area contributed by atoms with Crippen molar-refractivity contribution in [2.24, 2.45) is 10.7 Å². The molecule has 174 valence electrons. The van der Waals surface area contributed by atoms with Crippen LogP contribution < -0.4 is 16.4 Å². The molecule has 3 aromatic carbocycles. The average Bonchev–Trinajstić information content (AvgIpc) is 3.12. The number of urea groups is 1. The van der Waals surface area contributed by atoms with Gasteiger partial charge in [0, 0.05) is 18.8 Å². The van der Waals surface area contributed by atoms with Crippen LogP contribution in [0.15, 0.2) is 89.9 Å². The van der Waals surface area contributed by atoms with E-state index in [2.05, 4.69) is 15.6 Å². The summed E-state index contributed by atoms with van der Waals surface area (Å²) in [6, 6.07) is 24.8. The van der Waals surface area contributed by atoms with Crippen molar-refractivity contribution < 1.29 is 14.7 Å². The van der Waals surface area contributed by atoms with Gasteiger partial charge in [-0.1, -0.05) is 60.7 Å². The number of benzene rings is 3. The van der Waals surface area contributed by atoms with E-state index in [1.54, 1.807) is 12.1 Å². The molecule has 8 heteroatoms. The molecular weight excluding hydrogens is 430 g/mol. The molecular formula is C26H27N5O3. The van der Waals surface area contributed by atoms with Gasteiger partial charge in [-0.05, 0) is 48.2 Å². The lowest BCUT2D eigenvalue weighted by atomic mass is 9.83. The topological polar surface area (TPSA) is 120 Å². The van der Waals surface area contributed by atoms with Crippen molar-refractivity contribution in [3.8, 4) is 5.75 Å². The molecule has 8 nitrogen and oxygen atoms in total. The highest BCUT2D eigenvalue weighted by Gasteiger charge is 2.50. The molecule has 0 radical (unpaired) electrons. The first-order chi connectivity index (χ1) is 16.5. The van der Waals surface area contributed by atoms with Crippen LogP contribution in [-0.4, -0.2) is 41.0 Å². The second-order valence-corrected chi connectivity index (χ2v) is 8.00. The number of phenols is 1. The van der Waals surface area contributed by atoms with Crippen molar-refractivity contribution >= 4 is 23.6 Å². The van der Waals surface area contributed by atoms with E-state index in [9.17, 15) is 14.7 Å². The number of phenolic OH excluding ortho intramolecular Hbond substituents is 1. The summed E-state index contributed by atoms with van der Waals surface area (Å²) in [4.78, 5) is 31.9. The normalized spacial score (nSPS) is 14.5. The fraction of sp³-hybridized carbons (Fsp3) is 0.192. The molecule has 5 N–H and O–H groups in total. The molecule has 0 aliphatic carbocycles. The lowest BCUT2D eigenvalue weighted by Crippen LogP contribution is -2.44. The predicted octanol–water partition coefficient (Wildman–Crippen LogP) is 3.39. The summed E-state index contributed by atoms with van der Waals surface area (Å²) >= 11 is 0. The number of rotatable bonds is 8. The summed E-state index contributed by atoms with van der Waals surface area (Å²) in [6.07, 6.45) is 1.30. The van der Waals surface area contributed by atoms with Gasteiger partial charge in [0.05, 0.1) is 0 Å². The SMILES string of the molecule is NC1=NC(c2ccccc2)(c2ccccc2)C(=O)N1CCCCNC(=O)Nc1ccc(O)cc1. The highest BCUT2D eigenvalue weighted by Crippen LogP contribution is 2.39. The summed E-state index contributed by atoms with van der Waals surface area (Å²) in [7, 11) is 0. The van der Waals surface area contributed by atoms with Crippen molar-refractivity contribution in [2.75, 3.05) is 18.4 Å². The Morgan fingerprint density at radius 2 is 1.50 bits per heavy atom. The number of nitrogens with one attached hydrogen (secondary N) is 2. The van der Waals surface area contributed by atoms with Gasteiger partial charge in [0.2, 0.25) is 0 Å². The number of aliphatic imine (C=N–C) groups is 1. The summed E-state index contributed by atoms with van der Waals surface area (Å²) in [5, 5.41) is 14.8. The maximum atomic E-state index is 13.7. The molecule has 0 bridgehead atoms. The molecule has 1 aliphatic heterocycles. The zero-order chi connectivity index (χ0) is 24.0. The lowest BCUT2D eigenvalue weighted by Gasteiger charge is -2.27. The van der Waals surface area contributed by atoms with E-state index >= 15 is 0 Å². The van der Waals surface area contributed by atoms with E-state index in [4.69, 9.17) is 5.73 Å². The number of aromatic hydroxyl groups is 1. The zero-order valence-corrected chi connectivity index (χ0v) is 18.6. The molecule has 0 atom stereocenters. The van der Waals surface area contributed by atoms with Gasteiger partial charge in [-0.15, -0.1) is 0 Å². The summed E-state index contributed by atoms with van der Waals surface area (Å²) in [5.41, 5.74) is 7.16. The standard InChI is InChI=1S/C26H27N5O3/c27-24-30-26(19-9-3-1-4-10-19,20-11-5-2-6-12-20)23(33)31(24)18-8-7-17-28-25(34)29-21-13-15-22(32)16-14-21/h1-6,9-16,32H,7-8,17-18H2,(H2,27,30)(H2,28,29,34). The van der Waals surface area contributed by atoms with Crippen LogP contribution in [0, 0.1) is 0 Å². The van der Waals surface area contributed by atoms with Gasteiger partial charge in [-0.3, -0.25) is 9.69 Å².